The molecular formula is C18H20Cl2N2O2. The number of carbonyl (C=O) groups excluding carboxylic acids is 1. The summed E-state index contributed by atoms with van der Waals surface area (Å²) in [5.74, 6) is 0.713. The maximum atomic E-state index is 12.1. The Morgan fingerprint density at radius 3 is 2.62 bits per heavy atom. The number of ether oxygens (including phenoxy) is 1. The second-order valence-electron chi connectivity index (χ2n) is 5.51. The molecule has 0 spiro atoms. The van der Waals surface area contributed by atoms with E-state index in [0.717, 1.165) is 16.9 Å². The molecule has 1 N–H and O–H groups in total. The van der Waals surface area contributed by atoms with Gasteiger partial charge in [-0.3, -0.25) is 9.69 Å². The number of nitrogens with zero attached hydrogens (tertiary/aromatic N) is 1. The summed E-state index contributed by atoms with van der Waals surface area (Å²) in [7, 11) is 3.50. The molecule has 0 saturated carbocycles. The molecular weight excluding hydrogens is 347 g/mol. The molecule has 0 aliphatic heterocycles. The van der Waals surface area contributed by atoms with Crippen molar-refractivity contribution in [2.45, 2.75) is 13.1 Å². The number of para-hydroxylation sites is 1. The topological polar surface area (TPSA) is 41.6 Å². The van der Waals surface area contributed by atoms with Gasteiger partial charge in [0.2, 0.25) is 5.91 Å². The van der Waals surface area contributed by atoms with Crippen LogP contribution >= 0.6 is 23.2 Å². The van der Waals surface area contributed by atoms with E-state index in [4.69, 9.17) is 27.9 Å². The van der Waals surface area contributed by atoms with Crippen molar-refractivity contribution in [1.29, 1.82) is 0 Å². The first-order chi connectivity index (χ1) is 11.5. The van der Waals surface area contributed by atoms with Gasteiger partial charge in [0.25, 0.3) is 0 Å². The minimum absolute atomic E-state index is 0.0523. The molecule has 0 aliphatic carbocycles. The Hall–Kier alpha value is -1.75. The Balaban J connectivity index is 1.84. The molecule has 0 aromatic heterocycles. The molecule has 2 aromatic rings. The van der Waals surface area contributed by atoms with E-state index in [1.54, 1.807) is 13.2 Å². The lowest BCUT2D eigenvalue weighted by Crippen LogP contribution is -2.34. The lowest BCUT2D eigenvalue weighted by Gasteiger charge is -2.17. The molecule has 0 heterocycles. The van der Waals surface area contributed by atoms with Crippen LogP contribution in [0.4, 0.5) is 0 Å². The van der Waals surface area contributed by atoms with Crippen LogP contribution in [0.15, 0.2) is 42.5 Å². The third-order valence-corrected chi connectivity index (χ3v) is 4.26. The molecule has 0 atom stereocenters. The summed E-state index contributed by atoms with van der Waals surface area (Å²) >= 11 is 11.9. The van der Waals surface area contributed by atoms with Crippen molar-refractivity contribution in [3.8, 4) is 5.75 Å². The van der Waals surface area contributed by atoms with Gasteiger partial charge in [0, 0.05) is 18.7 Å². The average Bonchev–Trinajstić information content (AvgIpc) is 2.56. The Bertz CT molecular complexity index is 707. The average molecular weight is 367 g/mol. The maximum Gasteiger partial charge on any atom is 0.234 e. The van der Waals surface area contributed by atoms with Gasteiger partial charge >= 0.3 is 0 Å². The van der Waals surface area contributed by atoms with Crippen LogP contribution in [0.5, 0.6) is 5.75 Å². The second kappa shape index (κ2) is 8.92. The molecule has 2 aromatic carbocycles. The normalized spacial score (nSPS) is 10.7. The number of hydrogen-bond donors (Lipinski definition) is 1. The number of rotatable bonds is 7. The van der Waals surface area contributed by atoms with E-state index >= 15 is 0 Å². The van der Waals surface area contributed by atoms with Gasteiger partial charge in [0.1, 0.15) is 5.75 Å². The third-order valence-electron chi connectivity index (χ3n) is 3.52. The van der Waals surface area contributed by atoms with E-state index in [2.05, 4.69) is 5.32 Å². The van der Waals surface area contributed by atoms with E-state index < -0.39 is 0 Å². The monoisotopic (exact) mass is 366 g/mol. The number of likely N-dealkylation sites (N-methyl/N-ethyl adjacent to an activating group) is 1. The SMILES string of the molecule is COc1ccccc1CNC(=O)CN(C)Cc1ccc(Cl)c(Cl)c1. The lowest BCUT2D eigenvalue weighted by molar-refractivity contribution is -0.122. The van der Waals surface area contributed by atoms with Crippen LogP contribution in [0.1, 0.15) is 11.1 Å². The third kappa shape index (κ3) is 5.41. The zero-order valence-electron chi connectivity index (χ0n) is 13.7. The Kier molecular flexibility index (Phi) is 6.91. The van der Waals surface area contributed by atoms with Gasteiger partial charge < -0.3 is 10.1 Å². The van der Waals surface area contributed by atoms with Crippen LogP contribution in [-0.2, 0) is 17.9 Å². The minimum Gasteiger partial charge on any atom is -0.496 e. The van der Waals surface area contributed by atoms with Crippen molar-refractivity contribution in [3.05, 3.63) is 63.6 Å². The molecule has 2 rings (SSSR count). The molecule has 0 radical (unpaired) electrons. The van der Waals surface area contributed by atoms with Gasteiger partial charge in [-0.25, -0.2) is 0 Å². The molecule has 0 aliphatic rings. The predicted octanol–water partition coefficient (Wildman–Crippen LogP) is 3.75. The Labute approximate surface area is 152 Å². The summed E-state index contributed by atoms with van der Waals surface area (Å²) in [6.07, 6.45) is 0. The number of amides is 1. The van der Waals surface area contributed by atoms with Crippen LogP contribution in [-0.4, -0.2) is 31.5 Å². The zero-order valence-corrected chi connectivity index (χ0v) is 15.2. The van der Waals surface area contributed by atoms with Crippen LogP contribution in [0.25, 0.3) is 0 Å². The summed E-state index contributed by atoms with van der Waals surface area (Å²) in [6, 6.07) is 13.1. The van der Waals surface area contributed by atoms with Crippen molar-refractivity contribution in [1.82, 2.24) is 10.2 Å². The van der Waals surface area contributed by atoms with E-state index in [9.17, 15) is 4.79 Å². The fourth-order valence-corrected chi connectivity index (χ4v) is 2.67. The fourth-order valence-electron chi connectivity index (χ4n) is 2.35. The molecule has 0 unspecified atom stereocenters. The summed E-state index contributed by atoms with van der Waals surface area (Å²) in [5.41, 5.74) is 1.95. The molecule has 0 saturated heterocycles. The van der Waals surface area contributed by atoms with Crippen LogP contribution in [0, 0.1) is 0 Å². The van der Waals surface area contributed by atoms with E-state index in [1.807, 2.05) is 48.3 Å². The van der Waals surface area contributed by atoms with Crippen molar-refractivity contribution in [3.63, 3.8) is 0 Å². The first-order valence-electron chi connectivity index (χ1n) is 7.50. The highest BCUT2D eigenvalue weighted by molar-refractivity contribution is 6.42. The summed E-state index contributed by atoms with van der Waals surface area (Å²) in [5, 5.41) is 3.95. The van der Waals surface area contributed by atoms with Crippen LogP contribution in [0.2, 0.25) is 10.0 Å². The Morgan fingerprint density at radius 2 is 1.92 bits per heavy atom. The zero-order chi connectivity index (χ0) is 17.5. The number of hydrogen-bond acceptors (Lipinski definition) is 3. The van der Waals surface area contributed by atoms with Crippen LogP contribution in [0.3, 0.4) is 0 Å². The lowest BCUT2D eigenvalue weighted by atomic mass is 10.2. The highest BCUT2D eigenvalue weighted by Gasteiger charge is 2.09. The molecule has 6 heteroatoms. The van der Waals surface area contributed by atoms with Crippen molar-refractivity contribution >= 4 is 29.1 Å². The van der Waals surface area contributed by atoms with Crippen molar-refractivity contribution < 1.29 is 9.53 Å². The quantitative estimate of drug-likeness (QED) is 0.811. The highest BCUT2D eigenvalue weighted by Crippen LogP contribution is 2.23. The number of halogens is 2. The molecule has 128 valence electrons. The van der Waals surface area contributed by atoms with Crippen molar-refractivity contribution in [2.75, 3.05) is 20.7 Å². The van der Waals surface area contributed by atoms with Crippen molar-refractivity contribution in [2.24, 2.45) is 0 Å². The van der Waals surface area contributed by atoms with E-state index in [0.29, 0.717) is 23.1 Å². The molecule has 0 bridgehead atoms. The fraction of sp³-hybridized carbons (Fsp3) is 0.278. The first kappa shape index (κ1) is 18.6. The van der Waals surface area contributed by atoms with E-state index in [-0.39, 0.29) is 12.5 Å². The first-order valence-corrected chi connectivity index (χ1v) is 8.26. The maximum absolute atomic E-state index is 12.1. The number of methoxy groups -OCH3 is 1. The Morgan fingerprint density at radius 1 is 1.17 bits per heavy atom. The molecule has 0 fully saturated rings. The second-order valence-corrected chi connectivity index (χ2v) is 6.32. The summed E-state index contributed by atoms with van der Waals surface area (Å²) in [6.45, 7) is 1.33. The van der Waals surface area contributed by atoms with Gasteiger partial charge in [0.05, 0.1) is 23.7 Å². The van der Waals surface area contributed by atoms with Gasteiger partial charge in [-0.2, -0.15) is 0 Å². The minimum atomic E-state index is -0.0523. The number of benzene rings is 2. The number of nitrogens with one attached hydrogen (secondary N) is 1. The molecule has 1 amide bonds. The van der Waals surface area contributed by atoms with Gasteiger partial charge in [0.15, 0.2) is 0 Å². The molecule has 4 nitrogen and oxygen atoms in total. The largest absolute Gasteiger partial charge is 0.496 e. The van der Waals surface area contributed by atoms with Crippen LogP contribution < -0.4 is 10.1 Å². The summed E-state index contributed by atoms with van der Waals surface area (Å²) in [4.78, 5) is 14.0. The van der Waals surface area contributed by atoms with Gasteiger partial charge in [-0.05, 0) is 30.8 Å². The number of carbonyl (C=O) groups is 1. The summed E-state index contributed by atoms with van der Waals surface area (Å²) < 4.78 is 5.27. The molecule has 24 heavy (non-hydrogen) atoms. The van der Waals surface area contributed by atoms with Gasteiger partial charge in [-0.1, -0.05) is 47.5 Å². The predicted molar refractivity (Wildman–Crippen MR) is 97.6 cm³/mol. The standard InChI is InChI=1S/C18H20Cl2N2O2/c1-22(11-13-7-8-15(19)16(20)9-13)12-18(23)21-10-14-5-3-4-6-17(14)24-2/h3-9H,10-12H2,1-2H3,(H,21,23). The van der Waals surface area contributed by atoms with Gasteiger partial charge in [-0.15, -0.1) is 0 Å². The van der Waals surface area contributed by atoms with E-state index in [1.165, 1.54) is 0 Å². The smallest absolute Gasteiger partial charge is 0.234 e. The highest BCUT2D eigenvalue weighted by atomic mass is 35.5.